The number of ether oxygens (including phenoxy) is 1. The van der Waals surface area contributed by atoms with Crippen LogP contribution in [-0.2, 0) is 29.0 Å². The Bertz CT molecular complexity index is 890. The Morgan fingerprint density at radius 1 is 1.00 bits per heavy atom. The molecule has 2 aromatic carbocycles. The Kier molecular flexibility index (Phi) is 6.42. The number of carboxylic acids is 1. The van der Waals surface area contributed by atoms with E-state index < -0.39 is 12.6 Å². The zero-order valence-corrected chi connectivity index (χ0v) is 15.6. The highest BCUT2D eigenvalue weighted by Gasteiger charge is 2.15. The van der Waals surface area contributed by atoms with Gasteiger partial charge >= 0.3 is 5.97 Å². The molecule has 146 valence electrons. The summed E-state index contributed by atoms with van der Waals surface area (Å²) in [5, 5.41) is 11.4. The predicted octanol–water partition coefficient (Wildman–Crippen LogP) is 2.92. The zero-order valence-electron chi connectivity index (χ0n) is 15.6. The summed E-state index contributed by atoms with van der Waals surface area (Å²) in [6.07, 6.45) is 3.54. The normalized spacial score (nSPS) is 12.3. The number of hydrogen-bond acceptors (Lipinski definition) is 4. The van der Waals surface area contributed by atoms with E-state index in [1.807, 2.05) is 24.3 Å². The second-order valence-corrected chi connectivity index (χ2v) is 6.87. The first kappa shape index (κ1) is 19.6. The highest BCUT2D eigenvalue weighted by molar-refractivity contribution is 5.98. The Hall–Kier alpha value is -3.15. The SMILES string of the molecule is O=C(O)COc1cccc(CNC(=O)CCC(=O)c2ccc3c(c2)CCC3)c1. The van der Waals surface area contributed by atoms with Crippen LogP contribution in [0.4, 0.5) is 0 Å². The average molecular weight is 381 g/mol. The second kappa shape index (κ2) is 9.17. The van der Waals surface area contributed by atoms with Gasteiger partial charge in [0.25, 0.3) is 0 Å². The van der Waals surface area contributed by atoms with Gasteiger partial charge in [-0.15, -0.1) is 0 Å². The first-order valence-corrected chi connectivity index (χ1v) is 9.36. The maximum Gasteiger partial charge on any atom is 0.341 e. The maximum absolute atomic E-state index is 12.4. The summed E-state index contributed by atoms with van der Waals surface area (Å²) in [5.41, 5.74) is 4.04. The minimum absolute atomic E-state index is 0.0195. The van der Waals surface area contributed by atoms with E-state index >= 15 is 0 Å². The van der Waals surface area contributed by atoms with Crippen molar-refractivity contribution in [3.63, 3.8) is 0 Å². The summed E-state index contributed by atoms with van der Waals surface area (Å²) < 4.78 is 5.12. The molecule has 0 fully saturated rings. The van der Waals surface area contributed by atoms with E-state index in [0.29, 0.717) is 11.3 Å². The first-order chi connectivity index (χ1) is 13.5. The average Bonchev–Trinajstić information content (AvgIpc) is 3.17. The summed E-state index contributed by atoms with van der Waals surface area (Å²) in [5.74, 6) is -0.840. The molecule has 0 spiro atoms. The molecule has 0 atom stereocenters. The van der Waals surface area contributed by atoms with Crippen LogP contribution in [0.5, 0.6) is 5.75 Å². The number of fused-ring (bicyclic) bond motifs is 1. The molecule has 0 heterocycles. The summed E-state index contributed by atoms with van der Waals surface area (Å²) in [6, 6.07) is 12.7. The quantitative estimate of drug-likeness (QED) is 0.652. The van der Waals surface area contributed by atoms with E-state index in [2.05, 4.69) is 5.32 Å². The van der Waals surface area contributed by atoms with E-state index in [0.717, 1.165) is 24.8 Å². The van der Waals surface area contributed by atoms with E-state index in [1.165, 1.54) is 11.1 Å². The third-order valence-corrected chi connectivity index (χ3v) is 4.75. The van der Waals surface area contributed by atoms with Crippen LogP contribution in [-0.4, -0.2) is 29.4 Å². The predicted molar refractivity (Wildman–Crippen MR) is 103 cm³/mol. The molecule has 0 saturated carbocycles. The molecule has 3 rings (SSSR count). The Morgan fingerprint density at radius 3 is 2.64 bits per heavy atom. The number of carbonyl (C=O) groups excluding carboxylic acids is 2. The summed E-state index contributed by atoms with van der Waals surface area (Å²) >= 11 is 0. The number of carbonyl (C=O) groups is 3. The van der Waals surface area contributed by atoms with Gasteiger partial charge in [0.2, 0.25) is 5.91 Å². The van der Waals surface area contributed by atoms with Gasteiger partial charge < -0.3 is 15.2 Å². The smallest absolute Gasteiger partial charge is 0.341 e. The monoisotopic (exact) mass is 381 g/mol. The van der Waals surface area contributed by atoms with E-state index in [9.17, 15) is 14.4 Å². The number of benzene rings is 2. The van der Waals surface area contributed by atoms with Gasteiger partial charge in [-0.3, -0.25) is 9.59 Å². The lowest BCUT2D eigenvalue weighted by Crippen LogP contribution is -2.23. The van der Waals surface area contributed by atoms with Gasteiger partial charge in [0.15, 0.2) is 12.4 Å². The number of aliphatic carboxylic acids is 1. The van der Waals surface area contributed by atoms with Crippen molar-refractivity contribution < 1.29 is 24.2 Å². The lowest BCUT2D eigenvalue weighted by molar-refractivity contribution is -0.139. The minimum atomic E-state index is -1.05. The highest BCUT2D eigenvalue weighted by atomic mass is 16.5. The van der Waals surface area contributed by atoms with Crippen molar-refractivity contribution in [2.24, 2.45) is 0 Å². The van der Waals surface area contributed by atoms with Gasteiger partial charge in [-0.05, 0) is 54.2 Å². The van der Waals surface area contributed by atoms with Gasteiger partial charge in [-0.1, -0.05) is 24.3 Å². The molecule has 0 aliphatic heterocycles. The number of hydrogen-bond donors (Lipinski definition) is 2. The fourth-order valence-corrected chi connectivity index (χ4v) is 3.30. The van der Waals surface area contributed by atoms with E-state index in [4.69, 9.17) is 9.84 Å². The summed E-state index contributed by atoms with van der Waals surface area (Å²) in [7, 11) is 0. The van der Waals surface area contributed by atoms with Crippen molar-refractivity contribution in [1.82, 2.24) is 5.32 Å². The zero-order chi connectivity index (χ0) is 19.9. The lowest BCUT2D eigenvalue weighted by Gasteiger charge is -2.08. The van der Waals surface area contributed by atoms with Crippen molar-refractivity contribution in [3.05, 3.63) is 64.7 Å². The van der Waals surface area contributed by atoms with Crippen LogP contribution in [0.2, 0.25) is 0 Å². The van der Waals surface area contributed by atoms with Crippen molar-refractivity contribution in [2.75, 3.05) is 6.61 Å². The molecular formula is C22H23NO5. The van der Waals surface area contributed by atoms with E-state index in [1.54, 1.807) is 18.2 Å². The molecule has 1 amide bonds. The van der Waals surface area contributed by atoms with Crippen molar-refractivity contribution in [1.29, 1.82) is 0 Å². The Morgan fingerprint density at radius 2 is 1.82 bits per heavy atom. The van der Waals surface area contributed by atoms with Gasteiger partial charge in [0.1, 0.15) is 5.75 Å². The van der Waals surface area contributed by atoms with Crippen molar-refractivity contribution in [3.8, 4) is 5.75 Å². The van der Waals surface area contributed by atoms with Crippen LogP contribution in [0, 0.1) is 0 Å². The summed E-state index contributed by atoms with van der Waals surface area (Å²) in [4.78, 5) is 35.0. The Balaban J connectivity index is 1.45. The van der Waals surface area contributed by atoms with Crippen molar-refractivity contribution >= 4 is 17.7 Å². The number of Topliss-reactive ketones (excluding diaryl/α,β-unsaturated/α-hetero) is 1. The van der Waals surface area contributed by atoms with Crippen LogP contribution in [0.1, 0.15) is 46.3 Å². The summed E-state index contributed by atoms with van der Waals surface area (Å²) in [6.45, 7) is -0.128. The van der Waals surface area contributed by atoms with Crippen LogP contribution in [0.25, 0.3) is 0 Å². The molecule has 0 radical (unpaired) electrons. The van der Waals surface area contributed by atoms with Gasteiger partial charge in [-0.25, -0.2) is 4.79 Å². The molecule has 6 nitrogen and oxygen atoms in total. The number of ketones is 1. The number of nitrogens with one attached hydrogen (secondary N) is 1. The fraction of sp³-hybridized carbons (Fsp3) is 0.318. The van der Waals surface area contributed by atoms with Crippen LogP contribution < -0.4 is 10.1 Å². The molecule has 1 aliphatic rings. The number of carboxylic acid groups (broad SMARTS) is 1. The van der Waals surface area contributed by atoms with Crippen LogP contribution >= 0.6 is 0 Å². The molecule has 1 aliphatic carbocycles. The molecule has 0 bridgehead atoms. The largest absolute Gasteiger partial charge is 0.482 e. The van der Waals surface area contributed by atoms with Gasteiger partial charge in [-0.2, -0.15) is 0 Å². The molecular weight excluding hydrogens is 358 g/mol. The topological polar surface area (TPSA) is 92.7 Å². The number of amides is 1. The van der Waals surface area contributed by atoms with Crippen LogP contribution in [0.3, 0.4) is 0 Å². The van der Waals surface area contributed by atoms with E-state index in [-0.39, 0.29) is 31.1 Å². The molecule has 0 unspecified atom stereocenters. The molecule has 0 aromatic heterocycles. The number of rotatable bonds is 9. The lowest BCUT2D eigenvalue weighted by atomic mass is 10.0. The Labute approximate surface area is 163 Å². The minimum Gasteiger partial charge on any atom is -0.482 e. The molecule has 28 heavy (non-hydrogen) atoms. The molecule has 2 N–H and O–H groups in total. The third-order valence-electron chi connectivity index (χ3n) is 4.75. The molecule has 0 saturated heterocycles. The fourth-order valence-electron chi connectivity index (χ4n) is 3.30. The highest BCUT2D eigenvalue weighted by Crippen LogP contribution is 2.23. The van der Waals surface area contributed by atoms with Gasteiger partial charge in [0, 0.05) is 24.9 Å². The molecule has 6 heteroatoms. The third kappa shape index (κ3) is 5.42. The standard InChI is InChI=1S/C22H23NO5/c24-20(18-8-7-16-4-2-5-17(16)12-18)9-10-21(25)23-13-15-3-1-6-19(11-15)28-14-22(26)27/h1,3,6-8,11-12H,2,4-5,9-10,13-14H2,(H,23,25)(H,26,27). The van der Waals surface area contributed by atoms with Gasteiger partial charge in [0.05, 0.1) is 0 Å². The van der Waals surface area contributed by atoms with Crippen LogP contribution in [0.15, 0.2) is 42.5 Å². The maximum atomic E-state index is 12.4. The van der Waals surface area contributed by atoms with Crippen molar-refractivity contribution in [2.45, 2.75) is 38.6 Å². The number of aryl methyl sites for hydroxylation is 2. The molecule has 2 aromatic rings. The second-order valence-electron chi connectivity index (χ2n) is 6.87. The first-order valence-electron chi connectivity index (χ1n) is 9.36.